The maximum Gasteiger partial charge on any atom is 0.0610 e. The van der Waals surface area contributed by atoms with Crippen LogP contribution in [0, 0.1) is 5.92 Å². The van der Waals surface area contributed by atoms with Crippen molar-refractivity contribution >= 4 is 0 Å². The van der Waals surface area contributed by atoms with Gasteiger partial charge in [0.15, 0.2) is 0 Å². The number of hydrogen-bond acceptors (Lipinski definition) is 3. The molecular weight excluding hydrogens is 236 g/mol. The van der Waals surface area contributed by atoms with Crippen molar-refractivity contribution in [3.05, 3.63) is 0 Å². The van der Waals surface area contributed by atoms with Gasteiger partial charge in [0.1, 0.15) is 0 Å². The molecule has 3 unspecified atom stereocenters. The minimum Gasteiger partial charge on any atom is -0.394 e. The number of rotatable bonds is 7. The molecule has 0 radical (unpaired) electrons. The number of aliphatic hydroxyl groups excluding tert-OH is 1. The molecule has 0 aromatic carbocycles. The topological polar surface area (TPSA) is 35.5 Å². The van der Waals surface area contributed by atoms with Crippen LogP contribution in [0.4, 0.5) is 0 Å². The third kappa shape index (κ3) is 4.73. The van der Waals surface area contributed by atoms with Crippen molar-refractivity contribution in [2.45, 2.75) is 76.9 Å². The summed E-state index contributed by atoms with van der Waals surface area (Å²) in [5.74, 6) is 0.852. The average molecular weight is 268 g/mol. The van der Waals surface area contributed by atoms with Crippen molar-refractivity contribution in [2.24, 2.45) is 5.92 Å². The van der Waals surface area contributed by atoms with Crippen LogP contribution in [-0.4, -0.2) is 47.3 Å². The summed E-state index contributed by atoms with van der Waals surface area (Å²) >= 11 is 0. The van der Waals surface area contributed by atoms with Crippen LogP contribution in [0.5, 0.6) is 0 Å². The molecule has 0 aromatic heterocycles. The first-order valence-corrected chi connectivity index (χ1v) is 8.15. The van der Waals surface area contributed by atoms with Gasteiger partial charge in [-0.2, -0.15) is 0 Å². The number of likely N-dealkylation sites (tertiary alicyclic amines) is 1. The van der Waals surface area contributed by atoms with E-state index in [1.807, 2.05) is 0 Å². The lowest BCUT2D eigenvalue weighted by molar-refractivity contribution is 0.110. The zero-order valence-corrected chi connectivity index (χ0v) is 13.0. The lowest BCUT2D eigenvalue weighted by Gasteiger charge is -2.37. The van der Waals surface area contributed by atoms with Crippen LogP contribution in [-0.2, 0) is 0 Å². The molecule has 2 N–H and O–H groups in total. The van der Waals surface area contributed by atoms with Crippen LogP contribution < -0.4 is 5.32 Å². The number of hydrogen-bond donors (Lipinski definition) is 2. The van der Waals surface area contributed by atoms with Gasteiger partial charge in [-0.15, -0.1) is 0 Å². The summed E-state index contributed by atoms with van der Waals surface area (Å²) < 4.78 is 0. The van der Waals surface area contributed by atoms with E-state index in [2.05, 4.69) is 31.0 Å². The zero-order valence-electron chi connectivity index (χ0n) is 13.0. The molecule has 1 heterocycles. The molecule has 0 amide bonds. The van der Waals surface area contributed by atoms with Crippen LogP contribution >= 0.6 is 0 Å². The largest absolute Gasteiger partial charge is 0.394 e. The first kappa shape index (κ1) is 15.3. The van der Waals surface area contributed by atoms with E-state index in [0.717, 1.165) is 18.4 Å². The molecule has 0 spiro atoms. The van der Waals surface area contributed by atoms with E-state index in [9.17, 15) is 5.11 Å². The van der Waals surface area contributed by atoms with E-state index >= 15 is 0 Å². The molecule has 112 valence electrons. The summed E-state index contributed by atoms with van der Waals surface area (Å²) in [7, 11) is 0. The van der Waals surface area contributed by atoms with Gasteiger partial charge in [0.25, 0.3) is 0 Å². The van der Waals surface area contributed by atoms with Crippen LogP contribution in [0.1, 0.15) is 59.3 Å². The molecule has 1 aliphatic carbocycles. The van der Waals surface area contributed by atoms with Crippen molar-refractivity contribution in [1.29, 1.82) is 0 Å². The Hall–Kier alpha value is -0.120. The molecule has 2 rings (SSSR count). The van der Waals surface area contributed by atoms with Gasteiger partial charge in [0.2, 0.25) is 0 Å². The van der Waals surface area contributed by atoms with Crippen molar-refractivity contribution in [1.82, 2.24) is 10.2 Å². The molecule has 0 aromatic rings. The highest BCUT2D eigenvalue weighted by molar-refractivity contribution is 4.92. The monoisotopic (exact) mass is 268 g/mol. The second-order valence-electron chi connectivity index (χ2n) is 7.27. The Balaban J connectivity index is 1.71. The summed E-state index contributed by atoms with van der Waals surface area (Å²) in [5.41, 5.74) is -0.0637. The minimum atomic E-state index is -0.0637. The molecule has 1 aliphatic heterocycles. The quantitative estimate of drug-likeness (QED) is 0.744. The van der Waals surface area contributed by atoms with Gasteiger partial charge in [0, 0.05) is 24.2 Å². The normalized spacial score (nSPS) is 32.2. The molecule has 2 aliphatic rings. The van der Waals surface area contributed by atoms with Crippen molar-refractivity contribution < 1.29 is 5.11 Å². The summed E-state index contributed by atoms with van der Waals surface area (Å²) in [6, 6.07) is 1.42. The van der Waals surface area contributed by atoms with Gasteiger partial charge in [0.05, 0.1) is 6.61 Å². The first-order valence-electron chi connectivity index (χ1n) is 8.15. The van der Waals surface area contributed by atoms with E-state index in [-0.39, 0.29) is 12.1 Å². The zero-order chi connectivity index (χ0) is 13.9. The molecule has 1 saturated heterocycles. The third-order valence-corrected chi connectivity index (χ3v) is 4.90. The molecular formula is C16H32N2O. The molecule has 19 heavy (non-hydrogen) atoms. The summed E-state index contributed by atoms with van der Waals surface area (Å²) in [4.78, 5) is 2.64. The van der Waals surface area contributed by atoms with Crippen molar-refractivity contribution in [3.8, 4) is 0 Å². The smallest absolute Gasteiger partial charge is 0.0610 e. The summed E-state index contributed by atoms with van der Waals surface area (Å²) in [6.45, 7) is 9.61. The molecule has 0 bridgehead atoms. The predicted octanol–water partition coefficient (Wildman–Crippen LogP) is 2.39. The fourth-order valence-electron chi connectivity index (χ4n) is 3.28. The fourth-order valence-corrected chi connectivity index (χ4v) is 3.28. The van der Waals surface area contributed by atoms with Gasteiger partial charge < -0.3 is 15.3 Å². The van der Waals surface area contributed by atoms with Crippen molar-refractivity contribution in [3.63, 3.8) is 0 Å². The Morgan fingerprint density at radius 1 is 1.21 bits per heavy atom. The lowest BCUT2D eigenvalue weighted by Crippen LogP contribution is -2.48. The first-order chi connectivity index (χ1) is 9.02. The molecule has 3 nitrogen and oxygen atoms in total. The maximum atomic E-state index is 9.62. The van der Waals surface area contributed by atoms with E-state index in [4.69, 9.17) is 0 Å². The highest BCUT2D eigenvalue weighted by Gasteiger charge is 2.32. The minimum absolute atomic E-state index is 0.0637. The van der Waals surface area contributed by atoms with Crippen molar-refractivity contribution in [2.75, 3.05) is 19.7 Å². The van der Waals surface area contributed by atoms with Gasteiger partial charge in [-0.3, -0.25) is 0 Å². The molecule has 2 fully saturated rings. The average Bonchev–Trinajstić information content (AvgIpc) is 3.17. The van der Waals surface area contributed by atoms with Gasteiger partial charge in [-0.25, -0.2) is 0 Å². The third-order valence-electron chi connectivity index (χ3n) is 4.90. The highest BCUT2D eigenvalue weighted by atomic mass is 16.3. The van der Waals surface area contributed by atoms with E-state index in [0.29, 0.717) is 6.04 Å². The summed E-state index contributed by atoms with van der Waals surface area (Å²) in [5, 5.41) is 13.2. The Kier molecular flexibility index (Phi) is 5.27. The van der Waals surface area contributed by atoms with Crippen LogP contribution in [0.3, 0.4) is 0 Å². The molecule has 1 saturated carbocycles. The van der Waals surface area contributed by atoms with Crippen LogP contribution in [0.2, 0.25) is 0 Å². The van der Waals surface area contributed by atoms with Crippen LogP contribution in [0.25, 0.3) is 0 Å². The van der Waals surface area contributed by atoms with E-state index in [1.54, 1.807) is 0 Å². The highest BCUT2D eigenvalue weighted by Crippen LogP contribution is 2.26. The Morgan fingerprint density at radius 2 is 1.95 bits per heavy atom. The Bertz CT molecular complexity index is 280. The maximum absolute atomic E-state index is 9.62. The fraction of sp³-hybridized carbons (Fsp3) is 1.00. The number of nitrogens with zero attached hydrogens (tertiary/aromatic N) is 1. The molecule has 3 atom stereocenters. The van der Waals surface area contributed by atoms with E-state index in [1.165, 1.54) is 45.2 Å². The van der Waals surface area contributed by atoms with Crippen LogP contribution in [0.15, 0.2) is 0 Å². The standard InChI is InChI=1S/C16H32N2O/c1-13-5-6-14(2)18(11-13)10-4-9-16(3,12-19)17-15-7-8-15/h13-15,17,19H,4-12H2,1-3H3. The Morgan fingerprint density at radius 3 is 2.58 bits per heavy atom. The predicted molar refractivity (Wildman–Crippen MR) is 80.3 cm³/mol. The lowest BCUT2D eigenvalue weighted by atomic mass is 9.93. The van der Waals surface area contributed by atoms with E-state index < -0.39 is 0 Å². The number of nitrogens with one attached hydrogen (secondary N) is 1. The van der Waals surface area contributed by atoms with Gasteiger partial charge in [-0.1, -0.05) is 6.92 Å². The second-order valence-corrected chi connectivity index (χ2v) is 7.27. The second kappa shape index (κ2) is 6.55. The van der Waals surface area contributed by atoms with Gasteiger partial charge >= 0.3 is 0 Å². The summed E-state index contributed by atoms with van der Waals surface area (Å²) in [6.07, 6.45) is 7.58. The van der Waals surface area contributed by atoms with Gasteiger partial charge in [-0.05, 0) is 64.8 Å². The number of aliphatic hydroxyl groups is 1. The molecule has 3 heteroatoms. The number of piperidine rings is 1. The SMILES string of the molecule is CC1CCC(C)N(CCCC(C)(CO)NC2CC2)C1. The Labute approximate surface area is 118 Å².